The Morgan fingerprint density at radius 3 is 2.08 bits per heavy atom. The molecule has 120 valence electrons. The number of rotatable bonds is 2. The first-order chi connectivity index (χ1) is 11.5. The van der Waals surface area contributed by atoms with Crippen LogP contribution in [0.25, 0.3) is 26.7 Å². The standard InChI is InChI=1S/C16H9F3N4S/c17-16(18,19)14-20-21-15-23(14)22-13(24-15)12-8-6-11(7-9-12)10-4-2-1-3-5-10/h1-9H. The molecular weight excluding hydrogens is 337 g/mol. The van der Waals surface area contributed by atoms with Gasteiger partial charge >= 0.3 is 6.18 Å². The third-order valence-electron chi connectivity index (χ3n) is 3.48. The molecule has 0 unspecified atom stereocenters. The van der Waals surface area contributed by atoms with E-state index < -0.39 is 12.0 Å². The van der Waals surface area contributed by atoms with Gasteiger partial charge in [-0.15, -0.1) is 10.2 Å². The Labute approximate surface area is 138 Å². The first-order valence-corrected chi connectivity index (χ1v) is 7.79. The number of halogens is 3. The molecule has 0 N–H and O–H groups in total. The third kappa shape index (κ3) is 2.54. The van der Waals surface area contributed by atoms with E-state index in [4.69, 9.17) is 0 Å². The Balaban J connectivity index is 1.72. The summed E-state index contributed by atoms with van der Waals surface area (Å²) in [5.41, 5.74) is 2.83. The van der Waals surface area contributed by atoms with Crippen molar-refractivity contribution in [2.45, 2.75) is 6.18 Å². The van der Waals surface area contributed by atoms with Crippen LogP contribution < -0.4 is 0 Å². The highest BCUT2D eigenvalue weighted by atomic mass is 32.1. The van der Waals surface area contributed by atoms with E-state index >= 15 is 0 Å². The predicted octanol–water partition coefficient (Wildman–Crippen LogP) is 4.54. The third-order valence-corrected chi connectivity index (χ3v) is 4.43. The van der Waals surface area contributed by atoms with Crippen molar-refractivity contribution in [3.05, 3.63) is 60.4 Å². The zero-order valence-electron chi connectivity index (χ0n) is 12.0. The fourth-order valence-corrected chi connectivity index (χ4v) is 3.19. The summed E-state index contributed by atoms with van der Waals surface area (Å²) in [7, 11) is 0. The molecule has 0 radical (unpaired) electrons. The Kier molecular flexibility index (Phi) is 3.34. The van der Waals surface area contributed by atoms with Crippen LogP contribution in [0, 0.1) is 0 Å². The monoisotopic (exact) mass is 346 g/mol. The molecule has 0 fully saturated rings. The van der Waals surface area contributed by atoms with Gasteiger partial charge in [-0.1, -0.05) is 65.9 Å². The normalized spacial score (nSPS) is 12.0. The van der Waals surface area contributed by atoms with Crippen LogP contribution in [-0.2, 0) is 6.18 Å². The maximum atomic E-state index is 12.8. The van der Waals surface area contributed by atoms with Crippen molar-refractivity contribution in [2.24, 2.45) is 0 Å². The van der Waals surface area contributed by atoms with Crippen molar-refractivity contribution < 1.29 is 13.2 Å². The lowest BCUT2D eigenvalue weighted by Gasteiger charge is -2.02. The average Bonchev–Trinajstić information content (AvgIpc) is 3.15. The van der Waals surface area contributed by atoms with Crippen molar-refractivity contribution in [1.29, 1.82) is 0 Å². The van der Waals surface area contributed by atoms with Gasteiger partial charge in [-0.05, 0) is 11.1 Å². The van der Waals surface area contributed by atoms with Gasteiger partial charge in [0, 0.05) is 5.56 Å². The maximum absolute atomic E-state index is 12.8. The van der Waals surface area contributed by atoms with Crippen molar-refractivity contribution >= 4 is 16.3 Å². The van der Waals surface area contributed by atoms with E-state index in [1.165, 1.54) is 0 Å². The van der Waals surface area contributed by atoms with E-state index in [1.54, 1.807) is 0 Å². The van der Waals surface area contributed by atoms with Crippen molar-refractivity contribution in [3.8, 4) is 21.7 Å². The maximum Gasteiger partial charge on any atom is 0.453 e. The van der Waals surface area contributed by atoms with Gasteiger partial charge in [-0.2, -0.15) is 22.8 Å². The minimum absolute atomic E-state index is 0.115. The van der Waals surface area contributed by atoms with Crippen LogP contribution in [0.4, 0.5) is 13.2 Å². The van der Waals surface area contributed by atoms with E-state index in [1.807, 2.05) is 54.6 Å². The average molecular weight is 346 g/mol. The number of alkyl halides is 3. The molecule has 0 bridgehead atoms. The molecule has 0 aliphatic carbocycles. The summed E-state index contributed by atoms with van der Waals surface area (Å²) < 4.78 is 39.3. The van der Waals surface area contributed by atoms with Gasteiger partial charge in [0.2, 0.25) is 4.96 Å². The molecule has 0 saturated carbocycles. The van der Waals surface area contributed by atoms with Crippen LogP contribution in [0.3, 0.4) is 0 Å². The summed E-state index contributed by atoms with van der Waals surface area (Å²) in [6.45, 7) is 0. The molecule has 8 heteroatoms. The van der Waals surface area contributed by atoms with Crippen LogP contribution >= 0.6 is 11.3 Å². The van der Waals surface area contributed by atoms with Crippen LogP contribution in [0.1, 0.15) is 5.82 Å². The molecule has 0 aliphatic rings. The zero-order chi connectivity index (χ0) is 16.7. The second-order valence-electron chi connectivity index (χ2n) is 5.07. The second-order valence-corrected chi connectivity index (χ2v) is 6.02. The van der Waals surface area contributed by atoms with Gasteiger partial charge in [0.1, 0.15) is 5.01 Å². The largest absolute Gasteiger partial charge is 0.453 e. The summed E-state index contributed by atoms with van der Waals surface area (Å²) in [6.07, 6.45) is -4.58. The summed E-state index contributed by atoms with van der Waals surface area (Å²) in [6, 6.07) is 17.3. The number of nitrogens with zero attached hydrogens (tertiary/aromatic N) is 4. The lowest BCUT2D eigenvalue weighted by Crippen LogP contribution is -2.11. The molecule has 4 aromatic rings. The predicted molar refractivity (Wildman–Crippen MR) is 84.5 cm³/mol. The molecule has 0 aliphatic heterocycles. The van der Waals surface area contributed by atoms with Crippen LogP contribution in [0.2, 0.25) is 0 Å². The topological polar surface area (TPSA) is 43.1 Å². The Bertz CT molecular complexity index is 988. The highest BCUT2D eigenvalue weighted by molar-refractivity contribution is 7.19. The zero-order valence-corrected chi connectivity index (χ0v) is 12.8. The minimum Gasteiger partial charge on any atom is -0.178 e. The lowest BCUT2D eigenvalue weighted by atomic mass is 10.0. The van der Waals surface area contributed by atoms with Crippen LogP contribution in [0.15, 0.2) is 54.6 Å². The minimum atomic E-state index is -4.58. The molecule has 2 aromatic carbocycles. The van der Waals surface area contributed by atoms with Crippen molar-refractivity contribution in [3.63, 3.8) is 0 Å². The van der Waals surface area contributed by atoms with Gasteiger partial charge in [0.25, 0.3) is 5.82 Å². The number of fused-ring (bicyclic) bond motifs is 1. The van der Waals surface area contributed by atoms with Gasteiger partial charge in [0.05, 0.1) is 0 Å². The van der Waals surface area contributed by atoms with E-state index in [0.717, 1.165) is 32.5 Å². The number of aromatic nitrogens is 4. The smallest absolute Gasteiger partial charge is 0.178 e. The molecule has 24 heavy (non-hydrogen) atoms. The Morgan fingerprint density at radius 1 is 0.792 bits per heavy atom. The van der Waals surface area contributed by atoms with E-state index in [9.17, 15) is 13.2 Å². The highest BCUT2D eigenvalue weighted by Crippen LogP contribution is 2.32. The van der Waals surface area contributed by atoms with E-state index in [-0.39, 0.29) is 4.96 Å². The molecule has 2 heterocycles. The van der Waals surface area contributed by atoms with Gasteiger partial charge in [-0.3, -0.25) is 0 Å². The Hall–Kier alpha value is -2.74. The number of hydrogen-bond donors (Lipinski definition) is 0. The van der Waals surface area contributed by atoms with Gasteiger partial charge < -0.3 is 0 Å². The fourth-order valence-electron chi connectivity index (χ4n) is 2.35. The van der Waals surface area contributed by atoms with Crippen molar-refractivity contribution in [1.82, 2.24) is 19.8 Å². The van der Waals surface area contributed by atoms with Crippen LogP contribution in [-0.4, -0.2) is 19.8 Å². The first kappa shape index (κ1) is 14.8. The van der Waals surface area contributed by atoms with Crippen LogP contribution in [0.5, 0.6) is 0 Å². The highest BCUT2D eigenvalue weighted by Gasteiger charge is 2.38. The molecule has 4 rings (SSSR count). The lowest BCUT2D eigenvalue weighted by molar-refractivity contribution is -0.146. The molecule has 0 saturated heterocycles. The molecule has 4 nitrogen and oxygen atoms in total. The molecule has 0 spiro atoms. The molecular formula is C16H9F3N4S. The Morgan fingerprint density at radius 2 is 1.42 bits per heavy atom. The quantitative estimate of drug-likeness (QED) is 0.535. The summed E-state index contributed by atoms with van der Waals surface area (Å²) >= 11 is 1.07. The number of hydrogen-bond acceptors (Lipinski definition) is 4. The summed E-state index contributed by atoms with van der Waals surface area (Å²) in [5, 5.41) is 11.2. The molecule has 0 amide bonds. The molecule has 0 atom stereocenters. The van der Waals surface area contributed by atoms with E-state index in [0.29, 0.717) is 5.01 Å². The SMILES string of the molecule is FC(F)(F)c1nnc2sc(-c3ccc(-c4ccccc4)cc3)nn12. The fraction of sp³-hybridized carbons (Fsp3) is 0.0625. The second kappa shape index (κ2) is 5.41. The molecule has 2 aromatic heterocycles. The number of benzene rings is 2. The first-order valence-electron chi connectivity index (χ1n) is 6.98. The summed E-state index contributed by atoms with van der Waals surface area (Å²) in [4.78, 5) is 0.115. The van der Waals surface area contributed by atoms with Gasteiger partial charge in [0.15, 0.2) is 0 Å². The van der Waals surface area contributed by atoms with E-state index in [2.05, 4.69) is 15.3 Å². The van der Waals surface area contributed by atoms with Crippen molar-refractivity contribution in [2.75, 3.05) is 0 Å². The van der Waals surface area contributed by atoms with Gasteiger partial charge in [-0.25, -0.2) is 0 Å². The summed E-state index contributed by atoms with van der Waals surface area (Å²) in [5.74, 6) is -1.11.